The van der Waals surface area contributed by atoms with Crippen LogP contribution in [0.25, 0.3) is 0 Å². The van der Waals surface area contributed by atoms with Crippen molar-refractivity contribution in [1.82, 2.24) is 0 Å². The van der Waals surface area contributed by atoms with Gasteiger partial charge in [-0.2, -0.15) is 0 Å². The molecule has 0 bridgehead atoms. The molecule has 19 heavy (non-hydrogen) atoms. The Balaban J connectivity index is 1.90. The van der Waals surface area contributed by atoms with Gasteiger partial charge in [0, 0.05) is 4.47 Å². The van der Waals surface area contributed by atoms with E-state index in [9.17, 15) is 4.79 Å². The highest BCUT2D eigenvalue weighted by Gasteiger charge is 2.08. The summed E-state index contributed by atoms with van der Waals surface area (Å²) < 4.78 is 12.2. The van der Waals surface area contributed by atoms with Gasteiger partial charge in [0.15, 0.2) is 6.61 Å². The zero-order valence-electron chi connectivity index (χ0n) is 9.81. The molecule has 0 atom stereocenters. The quantitative estimate of drug-likeness (QED) is 0.584. The summed E-state index contributed by atoms with van der Waals surface area (Å²) in [7, 11) is 0. The Labute approximate surface area is 127 Å². The van der Waals surface area contributed by atoms with Gasteiger partial charge in [0.1, 0.15) is 11.5 Å². The molecule has 0 aromatic heterocycles. The number of ether oxygens (including phenoxy) is 2. The van der Waals surface area contributed by atoms with Crippen LogP contribution in [0.15, 0.2) is 57.5 Å². The van der Waals surface area contributed by atoms with E-state index in [0.29, 0.717) is 11.5 Å². The Morgan fingerprint density at radius 1 is 1.05 bits per heavy atom. The molecule has 0 N–H and O–H groups in total. The van der Waals surface area contributed by atoms with Crippen molar-refractivity contribution < 1.29 is 14.3 Å². The van der Waals surface area contributed by atoms with Crippen molar-refractivity contribution in [1.29, 1.82) is 0 Å². The van der Waals surface area contributed by atoms with Crippen LogP contribution in [0.2, 0.25) is 0 Å². The minimum atomic E-state index is -0.444. The number of benzene rings is 2. The van der Waals surface area contributed by atoms with E-state index in [0.717, 1.165) is 8.95 Å². The average molecular weight is 386 g/mol. The van der Waals surface area contributed by atoms with Gasteiger partial charge >= 0.3 is 5.97 Å². The fourth-order valence-electron chi connectivity index (χ4n) is 1.38. The number of carbonyl (C=O) groups excluding carboxylic acids is 1. The summed E-state index contributed by atoms with van der Waals surface area (Å²) in [5.41, 5.74) is 0. The molecule has 0 amide bonds. The van der Waals surface area contributed by atoms with Crippen LogP contribution in [-0.4, -0.2) is 12.6 Å². The molecule has 2 rings (SSSR count). The maximum Gasteiger partial charge on any atom is 0.349 e. The minimum Gasteiger partial charge on any atom is -0.481 e. The minimum absolute atomic E-state index is 0.144. The molecule has 0 heterocycles. The van der Waals surface area contributed by atoms with E-state index in [2.05, 4.69) is 31.9 Å². The van der Waals surface area contributed by atoms with Gasteiger partial charge in [0.05, 0.1) is 4.47 Å². The summed E-state index contributed by atoms with van der Waals surface area (Å²) in [5.74, 6) is 0.653. The summed E-state index contributed by atoms with van der Waals surface area (Å²) in [6.07, 6.45) is 0. The van der Waals surface area contributed by atoms with Gasteiger partial charge in [0.2, 0.25) is 0 Å². The van der Waals surface area contributed by atoms with Crippen LogP contribution >= 0.6 is 31.9 Å². The third-order valence-electron chi connectivity index (χ3n) is 2.21. The second-order valence-electron chi connectivity index (χ2n) is 3.65. The third kappa shape index (κ3) is 4.36. The van der Waals surface area contributed by atoms with Crippen molar-refractivity contribution in [2.75, 3.05) is 6.61 Å². The van der Waals surface area contributed by atoms with Crippen molar-refractivity contribution in [3.8, 4) is 11.5 Å². The second kappa shape index (κ2) is 6.73. The van der Waals surface area contributed by atoms with Gasteiger partial charge in [-0.3, -0.25) is 0 Å². The molecular weight excluding hydrogens is 376 g/mol. The van der Waals surface area contributed by atoms with Crippen molar-refractivity contribution >= 4 is 37.8 Å². The predicted molar refractivity (Wildman–Crippen MR) is 79.4 cm³/mol. The van der Waals surface area contributed by atoms with Gasteiger partial charge < -0.3 is 9.47 Å². The first-order valence-electron chi connectivity index (χ1n) is 5.49. The first-order valence-corrected chi connectivity index (χ1v) is 7.07. The van der Waals surface area contributed by atoms with Crippen LogP contribution in [0.1, 0.15) is 0 Å². The Bertz CT molecular complexity index is 570. The monoisotopic (exact) mass is 384 g/mol. The molecule has 0 aliphatic carbocycles. The Kier molecular flexibility index (Phi) is 4.99. The number of hydrogen-bond acceptors (Lipinski definition) is 3. The summed E-state index contributed by atoms with van der Waals surface area (Å²) in [4.78, 5) is 11.6. The molecule has 0 spiro atoms. The molecule has 5 heteroatoms. The third-order valence-corrected chi connectivity index (χ3v) is 3.33. The van der Waals surface area contributed by atoms with Gasteiger partial charge in [-0.1, -0.05) is 34.1 Å². The Morgan fingerprint density at radius 2 is 1.79 bits per heavy atom. The molecule has 0 fully saturated rings. The SMILES string of the molecule is O=C(COc1ccc(Br)cc1Br)Oc1ccccc1. The zero-order valence-corrected chi connectivity index (χ0v) is 13.0. The van der Waals surface area contributed by atoms with Gasteiger partial charge in [0.25, 0.3) is 0 Å². The average Bonchev–Trinajstić information content (AvgIpc) is 2.39. The number of esters is 1. The molecular formula is C14H10Br2O3. The normalized spacial score (nSPS) is 10.0. The van der Waals surface area contributed by atoms with Crippen molar-refractivity contribution in [3.05, 3.63) is 57.5 Å². The number of hydrogen-bond donors (Lipinski definition) is 0. The highest BCUT2D eigenvalue weighted by Crippen LogP contribution is 2.28. The molecule has 0 unspecified atom stereocenters. The van der Waals surface area contributed by atoms with E-state index >= 15 is 0 Å². The van der Waals surface area contributed by atoms with Crippen LogP contribution in [-0.2, 0) is 4.79 Å². The molecule has 0 radical (unpaired) electrons. The van der Waals surface area contributed by atoms with Gasteiger partial charge in [-0.05, 0) is 46.3 Å². The largest absolute Gasteiger partial charge is 0.481 e. The van der Waals surface area contributed by atoms with E-state index in [1.54, 1.807) is 30.3 Å². The van der Waals surface area contributed by atoms with Crippen LogP contribution in [0, 0.1) is 0 Å². The summed E-state index contributed by atoms with van der Waals surface area (Å²) in [6.45, 7) is -0.144. The molecule has 2 aromatic carbocycles. The fourth-order valence-corrected chi connectivity index (χ4v) is 2.54. The number of carbonyl (C=O) groups is 1. The van der Waals surface area contributed by atoms with Gasteiger partial charge in [-0.25, -0.2) is 4.79 Å². The first kappa shape index (κ1) is 14.1. The van der Waals surface area contributed by atoms with Crippen LogP contribution in [0.4, 0.5) is 0 Å². The molecule has 98 valence electrons. The highest BCUT2D eigenvalue weighted by atomic mass is 79.9. The fraction of sp³-hybridized carbons (Fsp3) is 0.0714. The zero-order chi connectivity index (χ0) is 13.7. The Hall–Kier alpha value is -1.33. The van der Waals surface area contributed by atoms with Gasteiger partial charge in [-0.15, -0.1) is 0 Å². The van der Waals surface area contributed by atoms with Crippen molar-refractivity contribution in [2.45, 2.75) is 0 Å². The van der Waals surface area contributed by atoms with Crippen molar-refractivity contribution in [3.63, 3.8) is 0 Å². The van der Waals surface area contributed by atoms with Crippen molar-refractivity contribution in [2.24, 2.45) is 0 Å². The molecule has 0 saturated carbocycles. The first-order chi connectivity index (χ1) is 9.15. The molecule has 0 aliphatic heterocycles. The second-order valence-corrected chi connectivity index (χ2v) is 5.42. The van der Waals surface area contributed by atoms with Crippen LogP contribution < -0.4 is 9.47 Å². The predicted octanol–water partition coefficient (Wildman–Crippen LogP) is 4.20. The highest BCUT2D eigenvalue weighted by molar-refractivity contribution is 9.11. The molecule has 2 aromatic rings. The summed E-state index contributed by atoms with van der Waals surface area (Å²) in [6, 6.07) is 14.3. The lowest BCUT2D eigenvalue weighted by Gasteiger charge is -2.08. The number of halogens is 2. The van der Waals surface area contributed by atoms with Crippen LogP contribution in [0.5, 0.6) is 11.5 Å². The van der Waals surface area contributed by atoms with E-state index in [4.69, 9.17) is 9.47 Å². The molecule has 3 nitrogen and oxygen atoms in total. The smallest absolute Gasteiger partial charge is 0.349 e. The standard InChI is InChI=1S/C14H10Br2O3/c15-10-6-7-13(12(16)8-10)18-9-14(17)19-11-4-2-1-3-5-11/h1-8H,9H2. The van der Waals surface area contributed by atoms with E-state index in [1.807, 2.05) is 18.2 Å². The maximum absolute atomic E-state index is 11.6. The number of para-hydroxylation sites is 1. The Morgan fingerprint density at radius 3 is 2.47 bits per heavy atom. The lowest BCUT2D eigenvalue weighted by atomic mass is 10.3. The number of rotatable bonds is 4. The van der Waals surface area contributed by atoms with E-state index in [1.165, 1.54) is 0 Å². The lowest BCUT2D eigenvalue weighted by molar-refractivity contribution is -0.136. The molecule has 0 aliphatic rings. The maximum atomic E-state index is 11.6. The summed E-state index contributed by atoms with van der Waals surface area (Å²) in [5, 5.41) is 0. The topological polar surface area (TPSA) is 35.5 Å². The van der Waals surface area contributed by atoms with Crippen LogP contribution in [0.3, 0.4) is 0 Å². The molecule has 0 saturated heterocycles. The lowest BCUT2D eigenvalue weighted by Crippen LogP contribution is -2.17. The van der Waals surface area contributed by atoms with E-state index < -0.39 is 5.97 Å². The summed E-state index contributed by atoms with van der Waals surface area (Å²) >= 11 is 6.70. The van der Waals surface area contributed by atoms with E-state index in [-0.39, 0.29) is 6.61 Å².